The van der Waals surface area contributed by atoms with Crippen LogP contribution in [0.15, 0.2) is 73.6 Å². The van der Waals surface area contributed by atoms with E-state index in [1.54, 1.807) is 12.5 Å². The predicted molar refractivity (Wildman–Crippen MR) is 129 cm³/mol. The van der Waals surface area contributed by atoms with Crippen LogP contribution in [0.2, 0.25) is 0 Å². The minimum absolute atomic E-state index is 0.478. The first kappa shape index (κ1) is 20.8. The number of rotatable bonds is 8. The average molecular weight is 456 g/mol. The second-order valence-corrected chi connectivity index (χ2v) is 9.07. The van der Waals surface area contributed by atoms with Crippen molar-refractivity contribution in [2.45, 2.75) is 32.1 Å². The zero-order chi connectivity index (χ0) is 22.9. The number of aromatic amines is 1. The Morgan fingerprint density at radius 1 is 1.09 bits per heavy atom. The number of benzene rings is 1. The molecule has 1 aliphatic carbocycles. The van der Waals surface area contributed by atoms with Crippen molar-refractivity contribution >= 4 is 10.9 Å². The normalized spacial score (nSPS) is 17.8. The molecule has 8 heteroatoms. The van der Waals surface area contributed by atoms with Crippen molar-refractivity contribution in [1.29, 1.82) is 0 Å². The number of pyridine rings is 1. The van der Waals surface area contributed by atoms with Gasteiger partial charge in [0.2, 0.25) is 0 Å². The van der Waals surface area contributed by atoms with Gasteiger partial charge in [0.1, 0.15) is 12.5 Å². The largest absolute Gasteiger partial charge is 0.357 e. The molecule has 1 aliphatic rings. The Hall–Kier alpha value is -3.78. The van der Waals surface area contributed by atoms with E-state index in [1.807, 2.05) is 46.0 Å². The van der Waals surface area contributed by atoms with Gasteiger partial charge >= 0.3 is 0 Å². The zero-order valence-electron chi connectivity index (χ0n) is 18.7. The van der Waals surface area contributed by atoms with Crippen LogP contribution in [-0.4, -0.2) is 42.0 Å². The lowest BCUT2D eigenvalue weighted by Gasteiger charge is -2.29. The van der Waals surface area contributed by atoms with Crippen LogP contribution in [0.1, 0.15) is 24.1 Å². The summed E-state index contributed by atoms with van der Waals surface area (Å²) in [4.78, 5) is 12.4. The Bertz CT molecular complexity index is 1400. The van der Waals surface area contributed by atoms with Crippen LogP contribution in [-0.2, 0) is 13.1 Å². The van der Waals surface area contributed by atoms with Crippen molar-refractivity contribution in [3.05, 3.63) is 84.8 Å². The third-order valence-electron chi connectivity index (χ3n) is 6.43. The van der Waals surface area contributed by atoms with Crippen LogP contribution in [0.5, 0.6) is 0 Å². The molecule has 5 aromatic rings. The second kappa shape index (κ2) is 8.87. The molecule has 1 aromatic carbocycles. The molecule has 1 fully saturated rings. The van der Waals surface area contributed by atoms with Crippen LogP contribution in [0.3, 0.4) is 0 Å². The minimum atomic E-state index is -0.592. The van der Waals surface area contributed by atoms with E-state index in [0.29, 0.717) is 31.1 Å². The summed E-state index contributed by atoms with van der Waals surface area (Å²) in [5, 5.41) is 9.29. The molecule has 0 atom stereocenters. The number of nitrogens with zero attached hydrogens (tertiary/aromatic N) is 5. The Labute approximate surface area is 196 Å². The summed E-state index contributed by atoms with van der Waals surface area (Å²) in [6.45, 7) is 2.27. The van der Waals surface area contributed by atoms with Crippen molar-refractivity contribution in [2.75, 3.05) is 6.54 Å². The Morgan fingerprint density at radius 2 is 1.97 bits per heavy atom. The van der Waals surface area contributed by atoms with Gasteiger partial charge in [0.05, 0.1) is 18.4 Å². The van der Waals surface area contributed by atoms with E-state index in [-0.39, 0.29) is 0 Å². The third-order valence-corrected chi connectivity index (χ3v) is 6.43. The van der Waals surface area contributed by atoms with Crippen molar-refractivity contribution in [3.63, 3.8) is 0 Å². The first-order valence-corrected chi connectivity index (χ1v) is 11.6. The fourth-order valence-corrected chi connectivity index (χ4v) is 4.55. The van der Waals surface area contributed by atoms with E-state index in [4.69, 9.17) is 0 Å². The van der Waals surface area contributed by atoms with Crippen LogP contribution >= 0.6 is 0 Å². The van der Waals surface area contributed by atoms with Crippen LogP contribution in [0, 0.1) is 5.92 Å². The maximum atomic E-state index is 13.0. The molecule has 172 valence electrons. The Morgan fingerprint density at radius 3 is 2.82 bits per heavy atom. The summed E-state index contributed by atoms with van der Waals surface area (Å²) >= 11 is 0. The van der Waals surface area contributed by atoms with Gasteiger partial charge in [-0.25, -0.2) is 14.1 Å². The van der Waals surface area contributed by atoms with E-state index in [0.717, 1.165) is 41.1 Å². The van der Waals surface area contributed by atoms with Gasteiger partial charge in [-0.15, -0.1) is 0 Å². The molecule has 1 saturated carbocycles. The van der Waals surface area contributed by atoms with Gasteiger partial charge in [0.15, 0.2) is 5.82 Å². The Balaban J connectivity index is 1.12. The van der Waals surface area contributed by atoms with Crippen molar-refractivity contribution in [3.8, 4) is 17.1 Å². The van der Waals surface area contributed by atoms with Gasteiger partial charge in [-0.3, -0.25) is 4.98 Å². The van der Waals surface area contributed by atoms with E-state index in [9.17, 15) is 4.39 Å². The first-order valence-electron chi connectivity index (χ1n) is 11.6. The monoisotopic (exact) mass is 455 g/mol. The van der Waals surface area contributed by atoms with Crippen molar-refractivity contribution in [1.82, 2.24) is 34.6 Å². The standard InChI is InChI=1S/C26H26FN7/c27-22-7-19(8-22)12-28-14-23-10-20-4-3-18(9-25(20)31-23)16-34-17-30-26(32-34)21-11-24(15-29-13-21)33-5-1-2-6-33/h1-6,9-11,13,15,17,19,22,28,31H,7-8,12,14,16H2. The van der Waals surface area contributed by atoms with Gasteiger partial charge in [-0.05, 0) is 66.6 Å². The molecule has 6 rings (SSSR count). The summed E-state index contributed by atoms with van der Waals surface area (Å²) in [5.41, 5.74) is 5.24. The molecule has 0 bridgehead atoms. The molecule has 0 spiro atoms. The molecule has 4 aromatic heterocycles. The highest BCUT2D eigenvalue weighted by molar-refractivity contribution is 5.81. The average Bonchev–Trinajstić information content (AvgIpc) is 3.59. The molecule has 7 nitrogen and oxygen atoms in total. The van der Waals surface area contributed by atoms with Gasteiger partial charge < -0.3 is 14.9 Å². The molecular weight excluding hydrogens is 429 g/mol. The number of H-pyrrole nitrogens is 1. The zero-order valence-corrected chi connectivity index (χ0v) is 18.7. The SMILES string of the molecule is FC1CC(CNCc2cc3ccc(Cn4cnc(-c5cncc(-n6cccc6)c5)n4)cc3[nH]2)C1. The number of nitrogens with one attached hydrogen (secondary N) is 2. The van der Waals surface area contributed by atoms with Crippen LogP contribution < -0.4 is 5.32 Å². The highest BCUT2D eigenvalue weighted by atomic mass is 19.1. The molecular formula is C26H26FN7. The number of aromatic nitrogens is 6. The van der Waals surface area contributed by atoms with Crippen LogP contribution in [0.4, 0.5) is 4.39 Å². The van der Waals surface area contributed by atoms with Gasteiger partial charge in [-0.2, -0.15) is 5.10 Å². The fraction of sp³-hybridized carbons (Fsp3) is 0.269. The third kappa shape index (κ3) is 4.36. The highest BCUT2D eigenvalue weighted by Gasteiger charge is 2.28. The van der Waals surface area contributed by atoms with E-state index >= 15 is 0 Å². The predicted octanol–water partition coefficient (Wildman–Crippen LogP) is 4.50. The van der Waals surface area contributed by atoms with Gasteiger partial charge in [0, 0.05) is 41.9 Å². The maximum Gasteiger partial charge on any atom is 0.182 e. The summed E-state index contributed by atoms with van der Waals surface area (Å²) < 4.78 is 16.8. The molecule has 4 heterocycles. The number of halogens is 1. The lowest BCUT2D eigenvalue weighted by molar-refractivity contribution is 0.129. The van der Waals surface area contributed by atoms with Crippen molar-refractivity contribution < 1.29 is 4.39 Å². The highest BCUT2D eigenvalue weighted by Crippen LogP contribution is 2.29. The molecule has 0 aliphatic heterocycles. The van der Waals surface area contributed by atoms with Crippen LogP contribution in [0.25, 0.3) is 28.0 Å². The molecule has 34 heavy (non-hydrogen) atoms. The Kier molecular flexibility index (Phi) is 5.43. The number of hydrogen-bond donors (Lipinski definition) is 2. The summed E-state index contributed by atoms with van der Waals surface area (Å²) in [7, 11) is 0. The van der Waals surface area contributed by atoms with Gasteiger partial charge in [0.25, 0.3) is 0 Å². The fourth-order valence-electron chi connectivity index (χ4n) is 4.55. The quantitative estimate of drug-likeness (QED) is 0.361. The lowest BCUT2D eigenvalue weighted by atomic mass is 9.83. The van der Waals surface area contributed by atoms with E-state index in [1.165, 1.54) is 5.39 Å². The smallest absolute Gasteiger partial charge is 0.182 e. The first-order chi connectivity index (χ1) is 16.7. The topological polar surface area (TPSA) is 76.3 Å². The molecule has 0 saturated heterocycles. The van der Waals surface area contributed by atoms with E-state index < -0.39 is 6.17 Å². The van der Waals surface area contributed by atoms with Gasteiger partial charge in [-0.1, -0.05) is 12.1 Å². The molecule has 0 radical (unpaired) electrons. The lowest BCUT2D eigenvalue weighted by Crippen LogP contribution is -2.33. The van der Waals surface area contributed by atoms with E-state index in [2.05, 4.69) is 49.6 Å². The van der Waals surface area contributed by atoms with Crippen molar-refractivity contribution in [2.24, 2.45) is 5.92 Å². The maximum absolute atomic E-state index is 13.0. The minimum Gasteiger partial charge on any atom is -0.357 e. The summed E-state index contributed by atoms with van der Waals surface area (Å²) in [5.74, 6) is 1.13. The molecule has 0 amide bonds. The number of fused-ring (bicyclic) bond motifs is 1. The number of alkyl halides is 1. The summed E-state index contributed by atoms with van der Waals surface area (Å²) in [6.07, 6.45) is 10.1. The number of hydrogen-bond acceptors (Lipinski definition) is 4. The molecule has 2 N–H and O–H groups in total. The molecule has 0 unspecified atom stereocenters. The summed E-state index contributed by atoms with van der Waals surface area (Å²) in [6, 6.07) is 14.6. The second-order valence-electron chi connectivity index (χ2n) is 9.07.